The van der Waals surface area contributed by atoms with Crippen LogP contribution in [0.1, 0.15) is 206 Å². The molecule has 4 atom stereocenters. The van der Waals surface area contributed by atoms with Gasteiger partial charge in [0.2, 0.25) is 5.91 Å². The Bertz CT molecular complexity index is 1050. The maximum atomic E-state index is 12.8. The highest BCUT2D eigenvalue weighted by Crippen LogP contribution is 2.43. The number of amides is 1. The van der Waals surface area contributed by atoms with Gasteiger partial charge in [-0.1, -0.05) is 184 Å². The fourth-order valence-corrected chi connectivity index (χ4v) is 7.39. The molecule has 0 radical (unpaired) electrons. The van der Waals surface area contributed by atoms with E-state index in [1.54, 1.807) is 6.08 Å². The van der Waals surface area contributed by atoms with E-state index in [1.165, 1.54) is 116 Å². The van der Waals surface area contributed by atoms with Crippen molar-refractivity contribution in [2.24, 2.45) is 5.73 Å². The number of nitrogens with one attached hydrogen (secondary N) is 1. The smallest absolute Gasteiger partial charge is 0.393 e. The van der Waals surface area contributed by atoms with Crippen LogP contribution in [0.3, 0.4) is 0 Å². The van der Waals surface area contributed by atoms with Crippen LogP contribution in [-0.4, -0.2) is 59.0 Å². The normalized spacial score (nSPS) is 15.0. The predicted molar refractivity (Wildman–Crippen MR) is 241 cm³/mol. The van der Waals surface area contributed by atoms with Crippen molar-refractivity contribution < 1.29 is 33.5 Å². The van der Waals surface area contributed by atoms with Gasteiger partial charge in [-0.05, 0) is 64.2 Å². The molecule has 0 saturated carbocycles. The van der Waals surface area contributed by atoms with Crippen molar-refractivity contribution in [2.75, 3.05) is 19.8 Å². The molecule has 0 aliphatic carbocycles. The Hall–Kier alpha value is -1.58. The summed E-state index contributed by atoms with van der Waals surface area (Å²) in [6.45, 7) is 3.94. The number of hydrogen-bond donors (Lipinski definition) is 5. The van der Waals surface area contributed by atoms with Gasteiger partial charge >= 0.3 is 7.82 Å². The third kappa shape index (κ3) is 41.0. The molecule has 334 valence electrons. The van der Waals surface area contributed by atoms with E-state index in [0.29, 0.717) is 12.8 Å². The summed E-state index contributed by atoms with van der Waals surface area (Å²) in [5.74, 6) is -0.465. The summed E-state index contributed by atoms with van der Waals surface area (Å²) in [4.78, 5) is 22.8. The second kappa shape index (κ2) is 42.5. The number of phosphoric acid groups is 1. The molecule has 0 aromatic rings. The minimum atomic E-state index is -4.41. The Morgan fingerprint density at radius 2 is 1.05 bits per heavy atom. The Morgan fingerprint density at radius 3 is 1.56 bits per heavy atom. The van der Waals surface area contributed by atoms with Crippen LogP contribution in [0, 0.1) is 0 Å². The molecule has 0 rings (SSSR count). The Morgan fingerprint density at radius 1 is 0.614 bits per heavy atom. The highest BCUT2D eigenvalue weighted by Gasteiger charge is 2.27. The van der Waals surface area contributed by atoms with Crippen molar-refractivity contribution >= 4 is 13.7 Å². The standard InChI is InChI=1S/C47H89N2O7P/c1-3-5-7-9-11-13-15-17-19-20-21-22-23-24-25-26-28-30-32-34-36-38-44(50)42-47(52)49-45(43-56-57(53,54)55-41-40-48)46(51)39-37-35-33-31-29-27-18-16-14-12-10-8-6-4-2/h21-22,24-25,29,31,37,39,44-46,50-51H,3-20,23,26-28,30,32-36,38,40-43,48H2,1-2H3,(H,49,52)(H,53,54)/b22-21-,25-24-,31-29+,39-37+. The van der Waals surface area contributed by atoms with E-state index in [-0.39, 0.29) is 19.6 Å². The number of carbonyl (C=O) groups excluding carboxylic acids is 1. The Labute approximate surface area is 350 Å². The second-order valence-corrected chi connectivity index (χ2v) is 17.2. The summed E-state index contributed by atoms with van der Waals surface area (Å²) in [6, 6.07) is -1.00. The molecule has 0 aromatic carbocycles. The molecular weight excluding hydrogens is 735 g/mol. The van der Waals surface area contributed by atoms with Crippen molar-refractivity contribution in [3.05, 3.63) is 48.6 Å². The van der Waals surface area contributed by atoms with Crippen LogP contribution >= 0.6 is 7.82 Å². The molecule has 0 aliphatic heterocycles. The molecule has 6 N–H and O–H groups in total. The van der Waals surface area contributed by atoms with Crippen LogP contribution in [0.4, 0.5) is 0 Å². The van der Waals surface area contributed by atoms with E-state index in [4.69, 9.17) is 14.8 Å². The van der Waals surface area contributed by atoms with Crippen molar-refractivity contribution in [1.29, 1.82) is 0 Å². The predicted octanol–water partition coefficient (Wildman–Crippen LogP) is 12.3. The van der Waals surface area contributed by atoms with E-state index < -0.39 is 38.6 Å². The van der Waals surface area contributed by atoms with Gasteiger partial charge in [-0.2, -0.15) is 0 Å². The Kier molecular flexibility index (Phi) is 41.4. The maximum absolute atomic E-state index is 12.8. The Balaban J connectivity index is 4.30. The number of carbonyl (C=O) groups is 1. The third-order valence-corrected chi connectivity index (χ3v) is 11.2. The van der Waals surface area contributed by atoms with Crippen molar-refractivity contribution in [3.63, 3.8) is 0 Å². The van der Waals surface area contributed by atoms with Crippen LogP contribution in [-0.2, 0) is 18.4 Å². The first-order chi connectivity index (χ1) is 27.8. The van der Waals surface area contributed by atoms with Gasteiger partial charge in [0.25, 0.3) is 0 Å². The lowest BCUT2D eigenvalue weighted by atomic mass is 10.0. The number of unbranched alkanes of at least 4 members (excludes halogenated alkanes) is 23. The van der Waals surface area contributed by atoms with E-state index in [2.05, 4.69) is 55.6 Å². The van der Waals surface area contributed by atoms with Gasteiger partial charge in [-0.25, -0.2) is 4.57 Å². The molecule has 0 saturated heterocycles. The van der Waals surface area contributed by atoms with Crippen molar-refractivity contribution in [3.8, 4) is 0 Å². The highest BCUT2D eigenvalue weighted by molar-refractivity contribution is 7.47. The van der Waals surface area contributed by atoms with Gasteiger partial charge in [0.05, 0.1) is 37.9 Å². The van der Waals surface area contributed by atoms with Gasteiger partial charge in [0.1, 0.15) is 0 Å². The van der Waals surface area contributed by atoms with Crippen molar-refractivity contribution in [2.45, 2.75) is 225 Å². The van der Waals surface area contributed by atoms with E-state index >= 15 is 0 Å². The molecule has 0 spiro atoms. The lowest BCUT2D eigenvalue weighted by Crippen LogP contribution is -2.46. The monoisotopic (exact) mass is 825 g/mol. The molecule has 57 heavy (non-hydrogen) atoms. The number of rotatable bonds is 43. The van der Waals surface area contributed by atoms with Crippen LogP contribution in [0.2, 0.25) is 0 Å². The quantitative estimate of drug-likeness (QED) is 0.0232. The molecule has 0 heterocycles. The average Bonchev–Trinajstić information content (AvgIpc) is 3.19. The molecule has 0 aromatic heterocycles. The van der Waals surface area contributed by atoms with Crippen molar-refractivity contribution in [1.82, 2.24) is 5.32 Å². The zero-order valence-electron chi connectivity index (χ0n) is 36.7. The summed E-state index contributed by atoms with van der Waals surface area (Å²) >= 11 is 0. The lowest BCUT2D eigenvalue weighted by molar-refractivity contribution is -0.124. The van der Waals surface area contributed by atoms with Gasteiger partial charge in [-0.3, -0.25) is 13.8 Å². The minimum absolute atomic E-state index is 0.0415. The van der Waals surface area contributed by atoms with Crippen LogP contribution in [0.15, 0.2) is 48.6 Å². The summed E-state index contributed by atoms with van der Waals surface area (Å²) in [6.07, 6.45) is 49.2. The maximum Gasteiger partial charge on any atom is 0.472 e. The summed E-state index contributed by atoms with van der Waals surface area (Å²) in [5.41, 5.74) is 5.36. The fraction of sp³-hybridized carbons (Fsp3) is 0.809. The molecule has 0 bridgehead atoms. The number of allylic oxidation sites excluding steroid dienone is 7. The molecule has 1 amide bonds. The highest BCUT2D eigenvalue weighted by atomic mass is 31.2. The summed E-state index contributed by atoms with van der Waals surface area (Å²) in [5, 5.41) is 24.0. The first kappa shape index (κ1) is 55.4. The van der Waals surface area contributed by atoms with Crippen LogP contribution < -0.4 is 11.1 Å². The van der Waals surface area contributed by atoms with Gasteiger partial charge in [-0.15, -0.1) is 0 Å². The van der Waals surface area contributed by atoms with Gasteiger partial charge < -0.3 is 26.2 Å². The largest absolute Gasteiger partial charge is 0.472 e. The van der Waals surface area contributed by atoms with Gasteiger partial charge in [0.15, 0.2) is 0 Å². The summed E-state index contributed by atoms with van der Waals surface area (Å²) < 4.78 is 22.1. The number of nitrogens with two attached hydrogens (primary N) is 1. The van der Waals surface area contributed by atoms with E-state index in [9.17, 15) is 24.5 Å². The lowest BCUT2D eigenvalue weighted by Gasteiger charge is -2.24. The SMILES string of the molecule is CCCCCCCCCC/C=C/CC/C=C/C(O)C(COP(=O)(O)OCCN)NC(=O)CC(O)CCCCCCC/C=C\C/C=C\CCCCCCCCCCC. The molecular formula is C47H89N2O7P. The van der Waals surface area contributed by atoms with E-state index in [0.717, 1.165) is 57.8 Å². The number of phosphoric ester groups is 1. The first-order valence-electron chi connectivity index (χ1n) is 23.3. The van der Waals surface area contributed by atoms with Crippen LogP contribution in [0.25, 0.3) is 0 Å². The zero-order valence-corrected chi connectivity index (χ0v) is 37.6. The molecule has 9 nitrogen and oxygen atoms in total. The minimum Gasteiger partial charge on any atom is -0.393 e. The third-order valence-electron chi connectivity index (χ3n) is 10.2. The second-order valence-electron chi connectivity index (χ2n) is 15.8. The van der Waals surface area contributed by atoms with E-state index in [1.807, 2.05) is 6.08 Å². The summed E-state index contributed by atoms with van der Waals surface area (Å²) in [7, 11) is -4.41. The zero-order chi connectivity index (χ0) is 41.9. The molecule has 0 aliphatic rings. The fourth-order valence-electron chi connectivity index (χ4n) is 6.63. The average molecular weight is 825 g/mol. The molecule has 10 heteroatoms. The molecule has 0 fully saturated rings. The van der Waals surface area contributed by atoms with Gasteiger partial charge in [0, 0.05) is 6.54 Å². The topological polar surface area (TPSA) is 151 Å². The number of aliphatic hydroxyl groups excluding tert-OH is 2. The van der Waals surface area contributed by atoms with Crippen LogP contribution in [0.5, 0.6) is 0 Å². The molecule has 4 unspecified atom stereocenters. The number of hydrogen-bond acceptors (Lipinski definition) is 7. The first-order valence-corrected chi connectivity index (χ1v) is 24.8. The number of aliphatic hydroxyl groups is 2.